The van der Waals surface area contributed by atoms with Crippen molar-refractivity contribution >= 4 is 27.7 Å². The van der Waals surface area contributed by atoms with Gasteiger partial charge in [0, 0.05) is 10.6 Å². The summed E-state index contributed by atoms with van der Waals surface area (Å²) in [6.45, 7) is 0. The molecule has 1 aromatic carbocycles. The van der Waals surface area contributed by atoms with Crippen molar-refractivity contribution in [3.63, 3.8) is 0 Å². The summed E-state index contributed by atoms with van der Waals surface area (Å²) in [5.74, 6) is 0.993. The first kappa shape index (κ1) is 16.2. The molecule has 0 aromatic heterocycles. The monoisotopic (exact) mass is 366 g/mol. The number of rotatable bonds is 4. The third kappa shape index (κ3) is 4.99. The van der Waals surface area contributed by atoms with Crippen LogP contribution in [0.1, 0.15) is 37.2 Å². The fourth-order valence-electron chi connectivity index (χ4n) is 2.88. The van der Waals surface area contributed by atoms with Crippen molar-refractivity contribution in [1.29, 1.82) is 0 Å². The summed E-state index contributed by atoms with van der Waals surface area (Å²) in [4.78, 5) is 0.358. The summed E-state index contributed by atoms with van der Waals surface area (Å²) in [6, 6.07) is 10.3. The molecule has 3 atom stereocenters. The van der Waals surface area contributed by atoms with Crippen LogP contribution in [0.3, 0.4) is 0 Å². The topological polar surface area (TPSA) is 0 Å². The van der Waals surface area contributed by atoms with Crippen LogP contribution in [0, 0.1) is 5.92 Å². The molecule has 0 heterocycles. The van der Waals surface area contributed by atoms with Gasteiger partial charge in [-0.3, -0.25) is 0 Å². The average Bonchev–Trinajstić information content (AvgIpc) is 2.40. The standard InChI is InChI=1S/C15H18BrF3S/c16-14-7-6-12(11-4-2-1-3-5-11)10-13(14)8-9-20-15(17,18)19/h1-5,12-14H,6-10H2. The Morgan fingerprint density at radius 2 is 1.85 bits per heavy atom. The number of benzene rings is 1. The van der Waals surface area contributed by atoms with Crippen LogP contribution in [-0.2, 0) is 0 Å². The molecule has 0 N–H and O–H groups in total. The van der Waals surface area contributed by atoms with E-state index in [9.17, 15) is 13.2 Å². The van der Waals surface area contributed by atoms with E-state index in [1.807, 2.05) is 18.2 Å². The van der Waals surface area contributed by atoms with Crippen LogP contribution in [0.15, 0.2) is 30.3 Å². The van der Waals surface area contributed by atoms with Gasteiger partial charge in [0.1, 0.15) is 0 Å². The van der Waals surface area contributed by atoms with Gasteiger partial charge in [0.05, 0.1) is 0 Å². The first-order valence-electron chi connectivity index (χ1n) is 6.85. The smallest absolute Gasteiger partial charge is 0.160 e. The average molecular weight is 367 g/mol. The van der Waals surface area contributed by atoms with Gasteiger partial charge in [0.25, 0.3) is 0 Å². The van der Waals surface area contributed by atoms with Crippen molar-refractivity contribution in [1.82, 2.24) is 0 Å². The quantitative estimate of drug-likeness (QED) is 0.590. The molecule has 0 bridgehead atoms. The number of thioether (sulfide) groups is 1. The summed E-state index contributed by atoms with van der Waals surface area (Å²) in [7, 11) is 0. The Hall–Kier alpha value is -0.160. The van der Waals surface area contributed by atoms with Gasteiger partial charge in [0.15, 0.2) is 0 Å². The zero-order chi connectivity index (χ0) is 14.6. The highest BCUT2D eigenvalue weighted by Crippen LogP contribution is 2.42. The molecule has 1 fully saturated rings. The molecule has 0 saturated heterocycles. The summed E-state index contributed by atoms with van der Waals surface area (Å²) < 4.78 is 36.6. The van der Waals surface area contributed by atoms with E-state index < -0.39 is 5.51 Å². The van der Waals surface area contributed by atoms with E-state index >= 15 is 0 Å². The molecule has 0 spiro atoms. The van der Waals surface area contributed by atoms with E-state index in [2.05, 4.69) is 28.1 Å². The lowest BCUT2D eigenvalue weighted by Crippen LogP contribution is -2.25. The molecule has 0 aliphatic heterocycles. The molecular formula is C15H18BrF3S. The van der Waals surface area contributed by atoms with E-state index in [4.69, 9.17) is 0 Å². The molecule has 1 saturated carbocycles. The van der Waals surface area contributed by atoms with Gasteiger partial charge in [-0.05, 0) is 43.1 Å². The van der Waals surface area contributed by atoms with Gasteiger partial charge in [-0.2, -0.15) is 13.2 Å². The lowest BCUT2D eigenvalue weighted by Gasteiger charge is -2.33. The van der Waals surface area contributed by atoms with Crippen LogP contribution in [0.2, 0.25) is 0 Å². The van der Waals surface area contributed by atoms with E-state index in [-0.39, 0.29) is 17.5 Å². The van der Waals surface area contributed by atoms with Crippen molar-refractivity contribution in [2.45, 2.75) is 41.9 Å². The fraction of sp³-hybridized carbons (Fsp3) is 0.600. The van der Waals surface area contributed by atoms with Gasteiger partial charge >= 0.3 is 5.51 Å². The molecule has 1 aliphatic carbocycles. The van der Waals surface area contributed by atoms with Crippen LogP contribution >= 0.6 is 27.7 Å². The molecular weight excluding hydrogens is 349 g/mol. The third-order valence-corrected chi connectivity index (χ3v) is 5.89. The van der Waals surface area contributed by atoms with Crippen molar-refractivity contribution < 1.29 is 13.2 Å². The van der Waals surface area contributed by atoms with Gasteiger partial charge < -0.3 is 0 Å². The maximum absolute atomic E-state index is 12.2. The third-order valence-electron chi connectivity index (χ3n) is 3.92. The van der Waals surface area contributed by atoms with Crippen molar-refractivity contribution in [2.75, 3.05) is 5.75 Å². The summed E-state index contributed by atoms with van der Waals surface area (Å²) in [6.07, 6.45) is 3.77. The molecule has 112 valence electrons. The summed E-state index contributed by atoms with van der Waals surface area (Å²) >= 11 is 3.75. The summed E-state index contributed by atoms with van der Waals surface area (Å²) in [5, 5.41) is 0. The van der Waals surface area contributed by atoms with Crippen molar-refractivity contribution in [3.8, 4) is 0 Å². The minimum absolute atomic E-state index is 0.105. The van der Waals surface area contributed by atoms with Crippen LogP contribution < -0.4 is 0 Å². The Bertz CT molecular complexity index is 407. The lowest BCUT2D eigenvalue weighted by atomic mass is 9.77. The van der Waals surface area contributed by atoms with Crippen LogP contribution in [0.4, 0.5) is 13.2 Å². The predicted octanol–water partition coefficient (Wildman–Crippen LogP) is 5.98. The summed E-state index contributed by atoms with van der Waals surface area (Å²) in [5.41, 5.74) is -2.78. The van der Waals surface area contributed by atoms with E-state index in [1.54, 1.807) is 0 Å². The zero-order valence-corrected chi connectivity index (χ0v) is 13.5. The minimum atomic E-state index is -4.10. The second-order valence-electron chi connectivity index (χ2n) is 5.28. The second kappa shape index (κ2) is 7.21. The molecule has 2 rings (SSSR count). The Morgan fingerprint density at radius 1 is 1.15 bits per heavy atom. The Balaban J connectivity index is 1.88. The van der Waals surface area contributed by atoms with Crippen LogP contribution in [0.25, 0.3) is 0 Å². The maximum Gasteiger partial charge on any atom is 0.441 e. The fourth-order valence-corrected chi connectivity index (χ4v) is 4.28. The second-order valence-corrected chi connectivity index (χ2v) is 7.62. The molecule has 1 aliphatic rings. The first-order chi connectivity index (χ1) is 9.46. The molecule has 0 nitrogen and oxygen atoms in total. The Kier molecular flexibility index (Phi) is 5.84. The minimum Gasteiger partial charge on any atom is -0.160 e. The first-order valence-corrected chi connectivity index (χ1v) is 8.75. The van der Waals surface area contributed by atoms with Crippen molar-refractivity contribution in [3.05, 3.63) is 35.9 Å². The highest BCUT2D eigenvalue weighted by atomic mass is 79.9. The SMILES string of the molecule is FC(F)(F)SCCC1CC(c2ccccc2)CCC1Br. The van der Waals surface area contributed by atoms with Crippen molar-refractivity contribution in [2.24, 2.45) is 5.92 Å². The van der Waals surface area contributed by atoms with Gasteiger partial charge in [-0.1, -0.05) is 58.0 Å². The van der Waals surface area contributed by atoms with Crippen LogP contribution in [-0.4, -0.2) is 16.1 Å². The van der Waals surface area contributed by atoms with Gasteiger partial charge in [-0.15, -0.1) is 0 Å². The number of halogens is 4. The lowest BCUT2D eigenvalue weighted by molar-refractivity contribution is -0.0328. The molecule has 0 amide bonds. The largest absolute Gasteiger partial charge is 0.441 e. The normalized spacial score (nSPS) is 27.5. The number of hydrogen-bond donors (Lipinski definition) is 0. The maximum atomic E-state index is 12.2. The number of alkyl halides is 4. The molecule has 3 unspecified atom stereocenters. The molecule has 20 heavy (non-hydrogen) atoms. The number of hydrogen-bond acceptors (Lipinski definition) is 1. The van der Waals surface area contributed by atoms with Gasteiger partial charge in [-0.25, -0.2) is 0 Å². The molecule has 5 heteroatoms. The molecule has 0 radical (unpaired) electrons. The highest BCUT2D eigenvalue weighted by Gasteiger charge is 2.32. The highest BCUT2D eigenvalue weighted by molar-refractivity contribution is 9.09. The van der Waals surface area contributed by atoms with E-state index in [0.29, 0.717) is 23.1 Å². The van der Waals surface area contributed by atoms with Gasteiger partial charge in [0.2, 0.25) is 0 Å². The van der Waals surface area contributed by atoms with E-state index in [1.165, 1.54) is 5.56 Å². The van der Waals surface area contributed by atoms with Crippen LogP contribution in [0.5, 0.6) is 0 Å². The Labute approximate surface area is 130 Å². The zero-order valence-electron chi connectivity index (χ0n) is 11.1. The Morgan fingerprint density at radius 3 is 2.50 bits per heavy atom. The molecule has 1 aromatic rings. The van der Waals surface area contributed by atoms with E-state index in [0.717, 1.165) is 19.3 Å². The predicted molar refractivity (Wildman–Crippen MR) is 82.4 cm³/mol.